The van der Waals surface area contributed by atoms with Crippen molar-refractivity contribution in [1.29, 1.82) is 0 Å². The molecule has 0 aliphatic rings. The van der Waals surface area contributed by atoms with Crippen LogP contribution >= 0.6 is 0 Å². The van der Waals surface area contributed by atoms with Gasteiger partial charge in [-0.05, 0) is 13.0 Å². The number of hydrogen-bond donors (Lipinski definition) is 4. The van der Waals surface area contributed by atoms with E-state index in [-0.39, 0.29) is 24.2 Å². The molecule has 2 unspecified atom stereocenters. The van der Waals surface area contributed by atoms with E-state index in [2.05, 4.69) is 9.97 Å². The number of hydrogen-bond acceptors (Lipinski definition) is 5. The second-order valence-electron chi connectivity index (χ2n) is 2.93. The maximum atomic E-state index is 10.7. The quantitative estimate of drug-likeness (QED) is 0.472. The van der Waals surface area contributed by atoms with Gasteiger partial charge in [-0.15, -0.1) is 0 Å². The molecule has 0 radical (unpaired) electrons. The molecule has 1 rings (SSSR count). The number of aromatic nitrogens is 2. The molecular weight excluding hydrogens is 186 g/mol. The highest BCUT2D eigenvalue weighted by Gasteiger charge is 2.18. The average molecular weight is 199 g/mol. The minimum absolute atomic E-state index is 0.227. The summed E-state index contributed by atoms with van der Waals surface area (Å²) in [5.74, 6) is 0. The summed E-state index contributed by atoms with van der Waals surface area (Å²) < 4.78 is 0. The average Bonchev–Trinajstić information content (AvgIpc) is 2.18. The van der Waals surface area contributed by atoms with E-state index in [1.54, 1.807) is 0 Å². The van der Waals surface area contributed by atoms with Crippen LogP contribution in [0, 0.1) is 0 Å². The van der Waals surface area contributed by atoms with Crippen molar-refractivity contribution in [3.63, 3.8) is 0 Å². The number of nitrogens with one attached hydrogen (secondary N) is 1. The third-order valence-corrected chi connectivity index (χ3v) is 1.82. The van der Waals surface area contributed by atoms with Crippen molar-refractivity contribution < 1.29 is 10.2 Å². The predicted octanol–water partition coefficient (Wildman–Crippen LogP) is -1.49. The highest BCUT2D eigenvalue weighted by atomic mass is 16.3. The zero-order valence-corrected chi connectivity index (χ0v) is 7.55. The first-order valence-electron chi connectivity index (χ1n) is 4.26. The summed E-state index contributed by atoms with van der Waals surface area (Å²) in [5.41, 5.74) is 5.09. The van der Waals surface area contributed by atoms with Crippen LogP contribution in [0.2, 0.25) is 0 Å². The van der Waals surface area contributed by atoms with Gasteiger partial charge >= 0.3 is 0 Å². The van der Waals surface area contributed by atoms with Gasteiger partial charge in [0, 0.05) is 6.20 Å². The van der Waals surface area contributed by atoms with Crippen LogP contribution in [0.15, 0.2) is 17.2 Å². The molecule has 0 aromatic carbocycles. The van der Waals surface area contributed by atoms with Crippen molar-refractivity contribution in [3.8, 4) is 0 Å². The third kappa shape index (κ3) is 2.63. The van der Waals surface area contributed by atoms with Gasteiger partial charge in [-0.1, -0.05) is 0 Å². The first-order chi connectivity index (χ1) is 6.65. The molecule has 0 amide bonds. The summed E-state index contributed by atoms with van der Waals surface area (Å²) in [6.07, 6.45) is 0.524. The molecule has 5 N–H and O–H groups in total. The fourth-order valence-corrected chi connectivity index (χ4v) is 1.04. The Bertz CT molecular complexity index is 318. The number of aliphatic hydroxyl groups excluding tert-OH is 2. The number of nitrogens with two attached hydrogens (primary N) is 1. The SMILES string of the molecule is NCCC(O)C(O)c1c[nH]c(=O)cn1. The van der Waals surface area contributed by atoms with Crippen LogP contribution in [0.5, 0.6) is 0 Å². The molecule has 1 heterocycles. The largest absolute Gasteiger partial charge is 0.390 e. The van der Waals surface area contributed by atoms with Crippen LogP contribution < -0.4 is 11.3 Å². The van der Waals surface area contributed by atoms with Crippen LogP contribution in [0.3, 0.4) is 0 Å². The lowest BCUT2D eigenvalue weighted by Crippen LogP contribution is -2.23. The maximum absolute atomic E-state index is 10.7. The standard InChI is InChI=1S/C8H13N3O3/c9-2-1-6(12)8(14)5-3-11-7(13)4-10-5/h3-4,6,8,12,14H,1-2,9H2,(H,11,13). The molecule has 0 aliphatic heterocycles. The summed E-state index contributed by atoms with van der Waals surface area (Å²) in [7, 11) is 0. The lowest BCUT2D eigenvalue weighted by atomic mass is 10.1. The van der Waals surface area contributed by atoms with Crippen LogP contribution in [-0.4, -0.2) is 32.8 Å². The molecule has 1 aromatic rings. The van der Waals surface area contributed by atoms with Crippen molar-refractivity contribution in [2.75, 3.05) is 6.54 Å². The smallest absolute Gasteiger partial charge is 0.266 e. The molecule has 14 heavy (non-hydrogen) atoms. The lowest BCUT2D eigenvalue weighted by Gasteiger charge is -2.15. The second kappa shape index (κ2) is 4.85. The topological polar surface area (TPSA) is 112 Å². The summed E-state index contributed by atoms with van der Waals surface area (Å²) in [5, 5.41) is 18.9. The summed E-state index contributed by atoms with van der Waals surface area (Å²) in [6.45, 7) is 0.279. The summed E-state index contributed by atoms with van der Waals surface area (Å²) in [4.78, 5) is 16.7. The van der Waals surface area contributed by atoms with E-state index in [9.17, 15) is 15.0 Å². The highest BCUT2D eigenvalue weighted by Crippen LogP contribution is 2.14. The minimum Gasteiger partial charge on any atom is -0.390 e. The maximum Gasteiger partial charge on any atom is 0.266 e. The van der Waals surface area contributed by atoms with E-state index in [0.717, 1.165) is 6.20 Å². The molecule has 0 spiro atoms. The van der Waals surface area contributed by atoms with Gasteiger partial charge in [0.1, 0.15) is 6.10 Å². The van der Waals surface area contributed by atoms with Crippen molar-refractivity contribution in [2.24, 2.45) is 5.73 Å². The Kier molecular flexibility index (Phi) is 3.75. The first kappa shape index (κ1) is 10.8. The highest BCUT2D eigenvalue weighted by molar-refractivity contribution is 5.01. The fraction of sp³-hybridized carbons (Fsp3) is 0.500. The molecule has 0 bridgehead atoms. The van der Waals surface area contributed by atoms with E-state index in [1.807, 2.05) is 0 Å². The Morgan fingerprint density at radius 3 is 2.79 bits per heavy atom. The van der Waals surface area contributed by atoms with Crippen molar-refractivity contribution in [3.05, 3.63) is 28.4 Å². The molecule has 0 fully saturated rings. The molecule has 0 saturated carbocycles. The van der Waals surface area contributed by atoms with Crippen LogP contribution in [0.4, 0.5) is 0 Å². The van der Waals surface area contributed by atoms with E-state index in [4.69, 9.17) is 5.73 Å². The molecule has 2 atom stereocenters. The molecule has 6 nitrogen and oxygen atoms in total. The normalized spacial score (nSPS) is 15.1. The zero-order chi connectivity index (χ0) is 10.6. The molecule has 6 heteroatoms. The Hall–Kier alpha value is -1.24. The van der Waals surface area contributed by atoms with E-state index < -0.39 is 12.2 Å². The number of aliphatic hydroxyl groups is 2. The third-order valence-electron chi connectivity index (χ3n) is 1.82. The summed E-state index contributed by atoms with van der Waals surface area (Å²) in [6, 6.07) is 0. The van der Waals surface area contributed by atoms with E-state index in [1.165, 1.54) is 6.20 Å². The number of aromatic amines is 1. The van der Waals surface area contributed by atoms with Crippen LogP contribution in [0.1, 0.15) is 18.2 Å². The van der Waals surface area contributed by atoms with Gasteiger partial charge in [0.25, 0.3) is 5.56 Å². The fourth-order valence-electron chi connectivity index (χ4n) is 1.04. The first-order valence-corrected chi connectivity index (χ1v) is 4.26. The van der Waals surface area contributed by atoms with Gasteiger partial charge in [-0.25, -0.2) is 0 Å². The Labute approximate surface area is 80.4 Å². The van der Waals surface area contributed by atoms with Gasteiger partial charge < -0.3 is 20.9 Å². The molecule has 0 saturated heterocycles. The van der Waals surface area contributed by atoms with Crippen molar-refractivity contribution >= 4 is 0 Å². The van der Waals surface area contributed by atoms with Gasteiger partial charge in [0.2, 0.25) is 0 Å². The van der Waals surface area contributed by atoms with Crippen molar-refractivity contribution in [1.82, 2.24) is 9.97 Å². The van der Waals surface area contributed by atoms with E-state index >= 15 is 0 Å². The van der Waals surface area contributed by atoms with Gasteiger partial charge in [0.15, 0.2) is 0 Å². The number of H-pyrrole nitrogens is 1. The van der Waals surface area contributed by atoms with Crippen LogP contribution in [-0.2, 0) is 0 Å². The van der Waals surface area contributed by atoms with Crippen molar-refractivity contribution in [2.45, 2.75) is 18.6 Å². The monoisotopic (exact) mass is 199 g/mol. The molecular formula is C8H13N3O3. The predicted molar refractivity (Wildman–Crippen MR) is 49.5 cm³/mol. The molecule has 1 aromatic heterocycles. The zero-order valence-electron chi connectivity index (χ0n) is 7.55. The van der Waals surface area contributed by atoms with Gasteiger partial charge in [-0.3, -0.25) is 9.78 Å². The van der Waals surface area contributed by atoms with Gasteiger partial charge in [-0.2, -0.15) is 0 Å². The lowest BCUT2D eigenvalue weighted by molar-refractivity contribution is 0.0122. The minimum atomic E-state index is -1.12. The Balaban J connectivity index is 2.73. The Morgan fingerprint density at radius 2 is 2.29 bits per heavy atom. The number of rotatable bonds is 4. The molecule has 78 valence electrons. The van der Waals surface area contributed by atoms with Gasteiger partial charge in [0.05, 0.1) is 18.0 Å². The number of nitrogens with zero attached hydrogens (tertiary/aromatic N) is 1. The second-order valence-corrected chi connectivity index (χ2v) is 2.93. The van der Waals surface area contributed by atoms with E-state index in [0.29, 0.717) is 0 Å². The molecule has 0 aliphatic carbocycles. The Morgan fingerprint density at radius 1 is 1.57 bits per heavy atom. The summed E-state index contributed by atoms with van der Waals surface area (Å²) >= 11 is 0. The van der Waals surface area contributed by atoms with Crippen LogP contribution in [0.25, 0.3) is 0 Å².